The van der Waals surface area contributed by atoms with Crippen molar-refractivity contribution in [2.45, 2.75) is 45.3 Å². The third kappa shape index (κ3) is 3.14. The molecule has 0 aromatic heterocycles. The SMILES string of the molecule is CC(C)Oc1ccccc1C(O)C1CC=CCC1. The maximum atomic E-state index is 10.5. The van der Waals surface area contributed by atoms with Gasteiger partial charge in [0.25, 0.3) is 0 Å². The maximum absolute atomic E-state index is 10.5. The van der Waals surface area contributed by atoms with E-state index in [2.05, 4.69) is 12.2 Å². The third-order valence-corrected chi connectivity index (χ3v) is 3.36. The second-order valence-corrected chi connectivity index (χ2v) is 5.19. The average molecular weight is 246 g/mol. The first-order chi connectivity index (χ1) is 8.68. The van der Waals surface area contributed by atoms with Gasteiger partial charge in [0.05, 0.1) is 12.2 Å². The Kier molecular flexibility index (Phi) is 4.43. The van der Waals surface area contributed by atoms with E-state index in [0.717, 1.165) is 30.6 Å². The van der Waals surface area contributed by atoms with Gasteiger partial charge in [-0.3, -0.25) is 0 Å². The Morgan fingerprint density at radius 1 is 1.22 bits per heavy atom. The van der Waals surface area contributed by atoms with Crippen LogP contribution in [0.25, 0.3) is 0 Å². The number of aliphatic hydroxyl groups is 1. The third-order valence-electron chi connectivity index (χ3n) is 3.36. The quantitative estimate of drug-likeness (QED) is 0.817. The van der Waals surface area contributed by atoms with Crippen LogP contribution in [0.3, 0.4) is 0 Å². The Labute approximate surface area is 109 Å². The van der Waals surface area contributed by atoms with Crippen LogP contribution < -0.4 is 4.74 Å². The lowest BCUT2D eigenvalue weighted by molar-refractivity contribution is 0.0969. The van der Waals surface area contributed by atoms with Crippen molar-refractivity contribution in [3.05, 3.63) is 42.0 Å². The number of hydrogen-bond acceptors (Lipinski definition) is 2. The predicted octanol–water partition coefficient (Wildman–Crippen LogP) is 3.86. The van der Waals surface area contributed by atoms with E-state index in [1.54, 1.807) is 0 Å². The Hall–Kier alpha value is -1.28. The zero-order chi connectivity index (χ0) is 13.0. The lowest BCUT2D eigenvalue weighted by atomic mass is 9.86. The van der Waals surface area contributed by atoms with Crippen molar-refractivity contribution < 1.29 is 9.84 Å². The zero-order valence-electron chi connectivity index (χ0n) is 11.2. The van der Waals surface area contributed by atoms with E-state index in [1.165, 1.54) is 0 Å². The Morgan fingerprint density at radius 3 is 2.67 bits per heavy atom. The van der Waals surface area contributed by atoms with Gasteiger partial charge in [-0.1, -0.05) is 30.4 Å². The standard InChI is InChI=1S/C16H22O2/c1-12(2)18-15-11-7-6-10-14(15)16(17)13-8-4-3-5-9-13/h3-4,6-7,10-13,16-17H,5,8-9H2,1-2H3. The van der Waals surface area contributed by atoms with Crippen molar-refractivity contribution in [3.8, 4) is 5.75 Å². The summed E-state index contributed by atoms with van der Waals surface area (Å²) in [7, 11) is 0. The van der Waals surface area contributed by atoms with Crippen molar-refractivity contribution in [3.63, 3.8) is 0 Å². The lowest BCUT2D eigenvalue weighted by Gasteiger charge is -2.26. The van der Waals surface area contributed by atoms with Gasteiger partial charge in [0, 0.05) is 5.56 Å². The summed E-state index contributed by atoms with van der Waals surface area (Å²) in [6, 6.07) is 7.83. The van der Waals surface area contributed by atoms with Crippen LogP contribution in [0.5, 0.6) is 5.75 Å². The number of rotatable bonds is 4. The van der Waals surface area contributed by atoms with Crippen LogP contribution in [-0.4, -0.2) is 11.2 Å². The molecule has 2 rings (SSSR count). The summed E-state index contributed by atoms with van der Waals surface area (Å²) in [5.41, 5.74) is 0.923. The molecule has 2 atom stereocenters. The summed E-state index contributed by atoms with van der Waals surface area (Å²) >= 11 is 0. The number of allylic oxidation sites excluding steroid dienone is 2. The Bertz CT molecular complexity index is 409. The largest absolute Gasteiger partial charge is 0.491 e. The molecule has 18 heavy (non-hydrogen) atoms. The zero-order valence-corrected chi connectivity index (χ0v) is 11.2. The molecule has 0 bridgehead atoms. The van der Waals surface area contributed by atoms with Gasteiger partial charge in [-0.25, -0.2) is 0 Å². The van der Waals surface area contributed by atoms with E-state index in [1.807, 2.05) is 38.1 Å². The van der Waals surface area contributed by atoms with Crippen molar-refractivity contribution >= 4 is 0 Å². The van der Waals surface area contributed by atoms with E-state index in [4.69, 9.17) is 4.74 Å². The molecule has 0 aliphatic heterocycles. The molecule has 0 spiro atoms. The maximum Gasteiger partial charge on any atom is 0.125 e. The van der Waals surface area contributed by atoms with Crippen LogP contribution in [0.4, 0.5) is 0 Å². The molecule has 2 unspecified atom stereocenters. The lowest BCUT2D eigenvalue weighted by Crippen LogP contribution is -2.16. The fourth-order valence-electron chi connectivity index (χ4n) is 2.44. The van der Waals surface area contributed by atoms with Gasteiger partial charge in [0.15, 0.2) is 0 Å². The highest BCUT2D eigenvalue weighted by Crippen LogP contribution is 2.36. The summed E-state index contributed by atoms with van der Waals surface area (Å²) in [6.45, 7) is 4.01. The number of para-hydroxylation sites is 1. The molecule has 0 saturated carbocycles. The molecule has 2 nitrogen and oxygen atoms in total. The molecule has 0 saturated heterocycles. The number of benzene rings is 1. The molecule has 2 heteroatoms. The van der Waals surface area contributed by atoms with E-state index in [9.17, 15) is 5.11 Å². The minimum absolute atomic E-state index is 0.129. The molecular formula is C16H22O2. The fraction of sp³-hybridized carbons (Fsp3) is 0.500. The Balaban J connectivity index is 2.18. The van der Waals surface area contributed by atoms with Crippen molar-refractivity contribution in [1.29, 1.82) is 0 Å². The van der Waals surface area contributed by atoms with E-state index < -0.39 is 6.10 Å². The second kappa shape index (κ2) is 6.05. The molecule has 1 aromatic carbocycles. The first-order valence-electron chi connectivity index (χ1n) is 6.77. The van der Waals surface area contributed by atoms with Crippen LogP contribution >= 0.6 is 0 Å². The van der Waals surface area contributed by atoms with E-state index in [-0.39, 0.29) is 6.10 Å². The first kappa shape index (κ1) is 13.2. The molecular weight excluding hydrogens is 224 g/mol. The molecule has 1 aliphatic carbocycles. The van der Waals surface area contributed by atoms with Crippen LogP contribution in [0.1, 0.15) is 44.8 Å². The number of aliphatic hydroxyl groups excluding tert-OH is 1. The molecule has 1 aromatic rings. The minimum Gasteiger partial charge on any atom is -0.491 e. The van der Waals surface area contributed by atoms with Crippen molar-refractivity contribution in [2.24, 2.45) is 5.92 Å². The van der Waals surface area contributed by atoms with Gasteiger partial charge in [-0.05, 0) is 45.1 Å². The summed E-state index contributed by atoms with van der Waals surface area (Å²) in [5.74, 6) is 1.13. The monoisotopic (exact) mass is 246 g/mol. The molecule has 98 valence electrons. The van der Waals surface area contributed by atoms with Gasteiger partial charge in [0.1, 0.15) is 5.75 Å². The highest BCUT2D eigenvalue weighted by Gasteiger charge is 2.23. The first-order valence-corrected chi connectivity index (χ1v) is 6.77. The highest BCUT2D eigenvalue weighted by atomic mass is 16.5. The van der Waals surface area contributed by atoms with Crippen molar-refractivity contribution in [2.75, 3.05) is 0 Å². The van der Waals surface area contributed by atoms with E-state index >= 15 is 0 Å². The van der Waals surface area contributed by atoms with Gasteiger partial charge in [-0.15, -0.1) is 0 Å². The predicted molar refractivity (Wildman–Crippen MR) is 73.6 cm³/mol. The Morgan fingerprint density at radius 2 is 2.00 bits per heavy atom. The summed E-state index contributed by atoms with van der Waals surface area (Å²) in [4.78, 5) is 0. The van der Waals surface area contributed by atoms with Gasteiger partial charge < -0.3 is 9.84 Å². The molecule has 1 aliphatic rings. The normalized spacial score (nSPS) is 21.0. The topological polar surface area (TPSA) is 29.5 Å². The van der Waals surface area contributed by atoms with Gasteiger partial charge in [0.2, 0.25) is 0 Å². The molecule has 0 amide bonds. The van der Waals surface area contributed by atoms with Gasteiger partial charge in [-0.2, -0.15) is 0 Å². The summed E-state index contributed by atoms with van der Waals surface area (Å²) < 4.78 is 5.78. The summed E-state index contributed by atoms with van der Waals surface area (Å²) in [5, 5.41) is 10.5. The van der Waals surface area contributed by atoms with Crippen LogP contribution in [0.15, 0.2) is 36.4 Å². The fourth-order valence-corrected chi connectivity index (χ4v) is 2.44. The number of hydrogen-bond donors (Lipinski definition) is 1. The average Bonchev–Trinajstić information content (AvgIpc) is 2.39. The number of ether oxygens (including phenoxy) is 1. The molecule has 0 radical (unpaired) electrons. The molecule has 0 fully saturated rings. The van der Waals surface area contributed by atoms with Crippen LogP contribution in [0.2, 0.25) is 0 Å². The van der Waals surface area contributed by atoms with Gasteiger partial charge >= 0.3 is 0 Å². The van der Waals surface area contributed by atoms with E-state index in [0.29, 0.717) is 5.92 Å². The van der Waals surface area contributed by atoms with Crippen LogP contribution in [0, 0.1) is 5.92 Å². The minimum atomic E-state index is -0.426. The summed E-state index contributed by atoms with van der Waals surface area (Å²) in [6.07, 6.45) is 7.14. The molecule has 1 N–H and O–H groups in total. The molecule has 0 heterocycles. The smallest absolute Gasteiger partial charge is 0.125 e. The van der Waals surface area contributed by atoms with Crippen LogP contribution in [-0.2, 0) is 0 Å². The van der Waals surface area contributed by atoms with Crippen molar-refractivity contribution in [1.82, 2.24) is 0 Å². The highest BCUT2D eigenvalue weighted by molar-refractivity contribution is 5.35. The second-order valence-electron chi connectivity index (χ2n) is 5.19.